The number of aryl methyl sites for hydroxylation is 2. The van der Waals surface area contributed by atoms with E-state index < -0.39 is 10.0 Å². The van der Waals surface area contributed by atoms with Gasteiger partial charge in [0.1, 0.15) is 5.82 Å². The minimum atomic E-state index is -3.51. The summed E-state index contributed by atoms with van der Waals surface area (Å²) in [7, 11) is -1.69. The summed E-state index contributed by atoms with van der Waals surface area (Å²) in [6.07, 6.45) is 4.28. The summed E-state index contributed by atoms with van der Waals surface area (Å²) in [6, 6.07) is 1.86. The lowest BCUT2D eigenvalue weighted by Gasteiger charge is -2.05. The number of nitrogens with zero attached hydrogens (tertiary/aromatic N) is 3. The van der Waals surface area contributed by atoms with Crippen molar-refractivity contribution in [3.8, 4) is 0 Å². The first-order chi connectivity index (χ1) is 9.03. The Morgan fingerprint density at radius 3 is 2.84 bits per heavy atom. The predicted molar refractivity (Wildman–Crippen MR) is 70.1 cm³/mol. The molecule has 0 aliphatic heterocycles. The van der Waals surface area contributed by atoms with Crippen molar-refractivity contribution in [2.45, 2.75) is 24.8 Å². The highest BCUT2D eigenvalue weighted by atomic mass is 32.2. The number of hydrogen-bond acceptors (Lipinski definition) is 4. The van der Waals surface area contributed by atoms with Crippen molar-refractivity contribution in [2.75, 3.05) is 6.54 Å². The van der Waals surface area contributed by atoms with Gasteiger partial charge in [0.15, 0.2) is 5.03 Å². The molecule has 0 unspecified atom stereocenters. The van der Waals surface area contributed by atoms with Crippen LogP contribution in [0.15, 0.2) is 23.5 Å². The highest BCUT2D eigenvalue weighted by Gasteiger charge is 2.16. The summed E-state index contributed by atoms with van der Waals surface area (Å²) in [5.74, 6) is 0.659. The molecule has 0 fully saturated rings. The van der Waals surface area contributed by atoms with Crippen LogP contribution in [0.25, 0.3) is 0 Å². The number of imidazole rings is 1. The summed E-state index contributed by atoms with van der Waals surface area (Å²) in [5.41, 5.74) is 0.974. The number of nitrogens with one attached hydrogen (secondary N) is 2. The third-order valence-corrected chi connectivity index (χ3v) is 4.20. The predicted octanol–water partition coefficient (Wildman–Crippen LogP) is 0.227. The van der Waals surface area contributed by atoms with Crippen molar-refractivity contribution >= 4 is 10.0 Å². The van der Waals surface area contributed by atoms with E-state index in [0.717, 1.165) is 5.69 Å². The molecule has 0 atom stereocenters. The molecule has 0 aliphatic carbocycles. The standard InChI is InChI=1S/C11H17N5O2S/c1-3-10-12-8-11(15-10)19(17,18)14-7-5-9-4-6-13-16(9)2/h4,6,8,14H,3,5,7H2,1-2H3,(H,12,15). The van der Waals surface area contributed by atoms with Gasteiger partial charge in [0, 0.05) is 38.3 Å². The number of aromatic nitrogens is 4. The van der Waals surface area contributed by atoms with E-state index in [1.807, 2.05) is 20.0 Å². The van der Waals surface area contributed by atoms with Gasteiger partial charge < -0.3 is 4.98 Å². The van der Waals surface area contributed by atoms with Gasteiger partial charge in [0.2, 0.25) is 0 Å². The first kappa shape index (κ1) is 13.8. The number of aromatic amines is 1. The fourth-order valence-corrected chi connectivity index (χ4v) is 2.67. The molecule has 0 bridgehead atoms. The molecule has 2 rings (SSSR count). The SMILES string of the molecule is CCc1ncc(S(=O)(=O)NCCc2ccnn2C)[nH]1. The molecule has 2 aromatic heterocycles. The summed E-state index contributed by atoms with van der Waals surface area (Å²) in [6.45, 7) is 2.23. The molecular formula is C11H17N5O2S. The van der Waals surface area contributed by atoms with Gasteiger partial charge in [-0.2, -0.15) is 5.10 Å². The maximum Gasteiger partial charge on any atom is 0.257 e. The van der Waals surface area contributed by atoms with Gasteiger partial charge in [-0.3, -0.25) is 4.68 Å². The Balaban J connectivity index is 1.96. The molecule has 2 N–H and O–H groups in total. The van der Waals surface area contributed by atoms with Crippen molar-refractivity contribution in [2.24, 2.45) is 7.05 Å². The second-order valence-corrected chi connectivity index (χ2v) is 5.88. The summed E-state index contributed by atoms with van der Waals surface area (Å²) in [4.78, 5) is 6.76. The molecule has 0 aromatic carbocycles. The van der Waals surface area contributed by atoms with E-state index in [9.17, 15) is 8.42 Å². The van der Waals surface area contributed by atoms with Crippen molar-refractivity contribution in [1.29, 1.82) is 0 Å². The monoisotopic (exact) mass is 283 g/mol. The Morgan fingerprint density at radius 1 is 1.47 bits per heavy atom. The topological polar surface area (TPSA) is 92.7 Å². The summed E-state index contributed by atoms with van der Waals surface area (Å²) >= 11 is 0. The van der Waals surface area contributed by atoms with Crippen LogP contribution in [-0.4, -0.2) is 34.7 Å². The molecule has 2 heterocycles. The highest BCUT2D eigenvalue weighted by Crippen LogP contribution is 2.06. The van der Waals surface area contributed by atoms with E-state index >= 15 is 0 Å². The fourth-order valence-electron chi connectivity index (χ4n) is 1.70. The lowest BCUT2D eigenvalue weighted by molar-refractivity contribution is 0.576. The quantitative estimate of drug-likeness (QED) is 0.793. The highest BCUT2D eigenvalue weighted by molar-refractivity contribution is 7.89. The number of sulfonamides is 1. The van der Waals surface area contributed by atoms with E-state index in [1.54, 1.807) is 10.9 Å². The second-order valence-electron chi connectivity index (χ2n) is 4.14. The molecule has 0 spiro atoms. The molecular weight excluding hydrogens is 266 g/mol. The molecule has 2 aromatic rings. The maximum absolute atomic E-state index is 12.0. The first-order valence-electron chi connectivity index (χ1n) is 6.03. The molecule has 0 saturated carbocycles. The third kappa shape index (κ3) is 3.21. The first-order valence-corrected chi connectivity index (χ1v) is 7.51. The van der Waals surface area contributed by atoms with E-state index in [4.69, 9.17) is 0 Å². The average molecular weight is 283 g/mol. The zero-order valence-corrected chi connectivity index (χ0v) is 11.7. The van der Waals surface area contributed by atoms with Gasteiger partial charge >= 0.3 is 0 Å². The van der Waals surface area contributed by atoms with Crippen molar-refractivity contribution in [3.63, 3.8) is 0 Å². The van der Waals surface area contributed by atoms with Gasteiger partial charge in [0.25, 0.3) is 10.0 Å². The van der Waals surface area contributed by atoms with Crippen molar-refractivity contribution in [3.05, 3.63) is 30.0 Å². The zero-order valence-electron chi connectivity index (χ0n) is 10.9. The van der Waals surface area contributed by atoms with Gasteiger partial charge in [-0.05, 0) is 6.07 Å². The summed E-state index contributed by atoms with van der Waals surface area (Å²) in [5, 5.41) is 4.13. The van der Waals surface area contributed by atoms with E-state index in [-0.39, 0.29) is 5.03 Å². The Kier molecular flexibility index (Phi) is 4.01. The minimum absolute atomic E-state index is 0.106. The van der Waals surface area contributed by atoms with Crippen LogP contribution in [0.1, 0.15) is 18.4 Å². The van der Waals surface area contributed by atoms with Gasteiger partial charge in [-0.15, -0.1) is 0 Å². The lowest BCUT2D eigenvalue weighted by atomic mass is 10.3. The van der Waals surface area contributed by atoms with Crippen LogP contribution in [-0.2, 0) is 29.9 Å². The van der Waals surface area contributed by atoms with E-state index in [0.29, 0.717) is 25.2 Å². The lowest BCUT2D eigenvalue weighted by Crippen LogP contribution is -2.26. The van der Waals surface area contributed by atoms with Crippen molar-refractivity contribution in [1.82, 2.24) is 24.5 Å². The van der Waals surface area contributed by atoms with Crippen LogP contribution in [0.4, 0.5) is 0 Å². The zero-order chi connectivity index (χ0) is 13.9. The Bertz CT molecular complexity index is 644. The summed E-state index contributed by atoms with van der Waals surface area (Å²) < 4.78 is 28.2. The van der Waals surface area contributed by atoms with Crippen LogP contribution in [0.5, 0.6) is 0 Å². The van der Waals surface area contributed by atoms with Crippen LogP contribution >= 0.6 is 0 Å². The van der Waals surface area contributed by atoms with Crippen LogP contribution < -0.4 is 4.72 Å². The third-order valence-electron chi connectivity index (χ3n) is 2.83. The number of hydrogen-bond donors (Lipinski definition) is 2. The molecule has 104 valence electrons. The Morgan fingerprint density at radius 2 is 2.26 bits per heavy atom. The molecule has 8 heteroatoms. The maximum atomic E-state index is 12.0. The molecule has 19 heavy (non-hydrogen) atoms. The van der Waals surface area contributed by atoms with E-state index in [1.165, 1.54) is 6.20 Å². The van der Waals surface area contributed by atoms with Gasteiger partial charge in [-0.1, -0.05) is 6.92 Å². The fraction of sp³-hybridized carbons (Fsp3) is 0.455. The van der Waals surface area contributed by atoms with Crippen LogP contribution in [0.2, 0.25) is 0 Å². The smallest absolute Gasteiger partial charge is 0.257 e. The van der Waals surface area contributed by atoms with Crippen LogP contribution in [0, 0.1) is 0 Å². The normalized spacial score (nSPS) is 11.9. The Labute approximate surface area is 112 Å². The molecule has 0 radical (unpaired) electrons. The molecule has 0 amide bonds. The van der Waals surface area contributed by atoms with Crippen molar-refractivity contribution < 1.29 is 8.42 Å². The van der Waals surface area contributed by atoms with Gasteiger partial charge in [0.05, 0.1) is 6.20 Å². The van der Waals surface area contributed by atoms with Gasteiger partial charge in [-0.25, -0.2) is 18.1 Å². The number of H-pyrrole nitrogens is 1. The second kappa shape index (κ2) is 5.54. The molecule has 7 nitrogen and oxygen atoms in total. The van der Waals surface area contributed by atoms with Crippen LogP contribution in [0.3, 0.4) is 0 Å². The number of rotatable bonds is 6. The average Bonchev–Trinajstić information content (AvgIpc) is 2.99. The Hall–Kier alpha value is -1.67. The molecule has 0 saturated heterocycles. The van der Waals surface area contributed by atoms with E-state index in [2.05, 4.69) is 19.8 Å². The largest absolute Gasteiger partial charge is 0.332 e. The molecule has 0 aliphatic rings. The minimum Gasteiger partial charge on any atom is -0.332 e.